The predicted molar refractivity (Wildman–Crippen MR) is 96.9 cm³/mol. The summed E-state index contributed by atoms with van der Waals surface area (Å²) >= 11 is 7.75. The molecule has 0 unspecified atom stereocenters. The van der Waals surface area contributed by atoms with E-state index in [4.69, 9.17) is 16.7 Å². The number of carbonyl (C=O) groups is 2. The third kappa shape index (κ3) is 3.97. The summed E-state index contributed by atoms with van der Waals surface area (Å²) in [5.74, 6) is 0.462. The van der Waals surface area contributed by atoms with Gasteiger partial charge in [-0.2, -0.15) is 16.9 Å². The van der Waals surface area contributed by atoms with Gasteiger partial charge in [-0.15, -0.1) is 0 Å². The van der Waals surface area contributed by atoms with Gasteiger partial charge in [0.25, 0.3) is 0 Å². The number of nitrogens with zero attached hydrogens (tertiary/aromatic N) is 2. The van der Waals surface area contributed by atoms with Crippen molar-refractivity contribution in [3.8, 4) is 5.69 Å². The van der Waals surface area contributed by atoms with Gasteiger partial charge in [0.05, 0.1) is 11.4 Å². The standard InChI is InChI=1S/C16H17ClN4O3S/c17-10-3-1-4-11(7-10)21-14(12-8-25-9-13(12)20-21)19-16(24)15(23)18-5-2-6-22/h1,3-4,7,22H,2,5-6,8-9H2,(H,18,23)(H,19,24). The van der Waals surface area contributed by atoms with Crippen molar-refractivity contribution in [2.24, 2.45) is 0 Å². The van der Waals surface area contributed by atoms with Gasteiger partial charge in [-0.3, -0.25) is 9.59 Å². The van der Waals surface area contributed by atoms with Gasteiger partial charge in [0.1, 0.15) is 5.82 Å². The quantitative estimate of drug-likeness (QED) is 0.542. The lowest BCUT2D eigenvalue weighted by molar-refractivity contribution is -0.136. The molecule has 1 aromatic carbocycles. The average molecular weight is 381 g/mol. The molecule has 0 atom stereocenters. The Morgan fingerprint density at radius 3 is 2.92 bits per heavy atom. The molecule has 0 spiro atoms. The summed E-state index contributed by atoms with van der Waals surface area (Å²) in [5.41, 5.74) is 2.52. The van der Waals surface area contributed by atoms with Crippen LogP contribution >= 0.6 is 23.4 Å². The van der Waals surface area contributed by atoms with E-state index in [0.717, 1.165) is 22.8 Å². The first-order valence-corrected chi connectivity index (χ1v) is 9.28. The minimum atomic E-state index is -0.763. The van der Waals surface area contributed by atoms with E-state index in [1.165, 1.54) is 0 Å². The highest BCUT2D eigenvalue weighted by Gasteiger charge is 2.26. The van der Waals surface area contributed by atoms with Gasteiger partial charge in [-0.25, -0.2) is 4.68 Å². The minimum absolute atomic E-state index is 0.0475. The Bertz CT molecular complexity index is 809. The molecule has 25 heavy (non-hydrogen) atoms. The number of fused-ring (bicyclic) bond motifs is 1. The number of hydrogen-bond donors (Lipinski definition) is 3. The van der Waals surface area contributed by atoms with Crippen LogP contribution in [0.2, 0.25) is 5.02 Å². The van der Waals surface area contributed by atoms with Crippen LogP contribution in [0.5, 0.6) is 0 Å². The molecule has 1 aliphatic heterocycles. The topological polar surface area (TPSA) is 96.2 Å². The molecule has 0 saturated carbocycles. The highest BCUT2D eigenvalue weighted by molar-refractivity contribution is 7.98. The van der Waals surface area contributed by atoms with Crippen LogP contribution < -0.4 is 10.6 Å². The van der Waals surface area contributed by atoms with Crippen LogP contribution in [0.15, 0.2) is 24.3 Å². The number of aliphatic hydroxyl groups excluding tert-OH is 1. The second-order valence-electron chi connectivity index (χ2n) is 5.45. The molecule has 0 aliphatic carbocycles. The second kappa shape index (κ2) is 7.90. The SMILES string of the molecule is O=C(NCCCO)C(=O)Nc1c2c(nn1-c1cccc(Cl)c1)CSC2. The van der Waals surface area contributed by atoms with Crippen molar-refractivity contribution in [3.05, 3.63) is 40.5 Å². The zero-order valence-corrected chi connectivity index (χ0v) is 14.9. The lowest BCUT2D eigenvalue weighted by Crippen LogP contribution is -2.36. The molecule has 3 N–H and O–H groups in total. The number of halogens is 1. The smallest absolute Gasteiger partial charge is 0.314 e. The molecule has 1 aromatic heterocycles. The number of nitrogens with one attached hydrogen (secondary N) is 2. The lowest BCUT2D eigenvalue weighted by Gasteiger charge is -2.11. The molecule has 0 fully saturated rings. The summed E-state index contributed by atoms with van der Waals surface area (Å²) in [4.78, 5) is 24.1. The minimum Gasteiger partial charge on any atom is -0.396 e. The fraction of sp³-hybridized carbons (Fsp3) is 0.312. The van der Waals surface area contributed by atoms with E-state index < -0.39 is 11.8 Å². The van der Waals surface area contributed by atoms with Gasteiger partial charge in [0.2, 0.25) is 0 Å². The summed E-state index contributed by atoms with van der Waals surface area (Å²) < 4.78 is 1.61. The number of anilines is 1. The van der Waals surface area contributed by atoms with Crippen LogP contribution in [-0.4, -0.2) is 39.9 Å². The fourth-order valence-corrected chi connectivity index (χ4v) is 3.68. The normalized spacial score (nSPS) is 12.7. The Balaban J connectivity index is 1.85. The van der Waals surface area contributed by atoms with Crippen LogP contribution in [-0.2, 0) is 21.1 Å². The van der Waals surface area contributed by atoms with E-state index in [2.05, 4.69) is 15.7 Å². The third-order valence-electron chi connectivity index (χ3n) is 3.66. The number of aromatic nitrogens is 2. The second-order valence-corrected chi connectivity index (χ2v) is 6.87. The number of rotatable bonds is 5. The molecular formula is C16H17ClN4O3S. The average Bonchev–Trinajstić information content (AvgIpc) is 3.17. The number of amides is 2. The Morgan fingerprint density at radius 1 is 1.32 bits per heavy atom. The van der Waals surface area contributed by atoms with Crippen molar-refractivity contribution in [1.29, 1.82) is 0 Å². The molecule has 0 saturated heterocycles. The van der Waals surface area contributed by atoms with Crippen molar-refractivity contribution in [1.82, 2.24) is 15.1 Å². The zero-order chi connectivity index (χ0) is 17.8. The van der Waals surface area contributed by atoms with Crippen LogP contribution in [0.3, 0.4) is 0 Å². The van der Waals surface area contributed by atoms with Crippen LogP contribution in [0.1, 0.15) is 17.7 Å². The first kappa shape index (κ1) is 17.8. The number of hydrogen-bond acceptors (Lipinski definition) is 5. The van der Waals surface area contributed by atoms with E-state index >= 15 is 0 Å². The molecule has 2 aromatic rings. The number of carbonyl (C=O) groups excluding carboxylic acids is 2. The maximum Gasteiger partial charge on any atom is 0.314 e. The summed E-state index contributed by atoms with van der Waals surface area (Å²) in [6.45, 7) is 0.193. The first-order chi connectivity index (χ1) is 12.1. The molecule has 0 bridgehead atoms. The van der Waals surface area contributed by atoms with Crippen molar-refractivity contribution in [3.63, 3.8) is 0 Å². The largest absolute Gasteiger partial charge is 0.396 e. The fourth-order valence-electron chi connectivity index (χ4n) is 2.46. The first-order valence-electron chi connectivity index (χ1n) is 7.74. The maximum absolute atomic E-state index is 12.2. The number of aliphatic hydroxyl groups is 1. The van der Waals surface area contributed by atoms with Crippen LogP contribution in [0.4, 0.5) is 5.82 Å². The van der Waals surface area contributed by atoms with E-state index in [-0.39, 0.29) is 13.2 Å². The Hall–Kier alpha value is -2.03. The van der Waals surface area contributed by atoms with Crippen molar-refractivity contribution in [2.45, 2.75) is 17.9 Å². The summed E-state index contributed by atoms with van der Waals surface area (Å²) in [6, 6.07) is 7.13. The van der Waals surface area contributed by atoms with Gasteiger partial charge < -0.3 is 15.7 Å². The highest BCUT2D eigenvalue weighted by atomic mass is 35.5. The van der Waals surface area contributed by atoms with E-state index in [9.17, 15) is 9.59 Å². The van der Waals surface area contributed by atoms with Gasteiger partial charge in [-0.1, -0.05) is 17.7 Å². The molecule has 0 radical (unpaired) electrons. The molecule has 132 valence electrons. The molecular weight excluding hydrogens is 364 g/mol. The predicted octanol–water partition coefficient (Wildman–Crippen LogP) is 1.71. The highest BCUT2D eigenvalue weighted by Crippen LogP contribution is 2.36. The Kier molecular flexibility index (Phi) is 5.62. The third-order valence-corrected chi connectivity index (χ3v) is 4.87. The van der Waals surface area contributed by atoms with Gasteiger partial charge in [0, 0.05) is 35.2 Å². The summed E-state index contributed by atoms with van der Waals surface area (Å²) in [5, 5.41) is 19.0. The molecule has 3 rings (SSSR count). The van der Waals surface area contributed by atoms with Crippen molar-refractivity contribution < 1.29 is 14.7 Å². The molecule has 2 heterocycles. The van der Waals surface area contributed by atoms with Crippen molar-refractivity contribution >= 4 is 41.0 Å². The van der Waals surface area contributed by atoms with Gasteiger partial charge in [0.15, 0.2) is 0 Å². The molecule has 9 heteroatoms. The van der Waals surface area contributed by atoms with E-state index in [1.807, 2.05) is 6.07 Å². The van der Waals surface area contributed by atoms with Gasteiger partial charge in [-0.05, 0) is 24.6 Å². The zero-order valence-electron chi connectivity index (χ0n) is 13.3. The monoisotopic (exact) mass is 380 g/mol. The Labute approximate surface area is 153 Å². The maximum atomic E-state index is 12.2. The van der Waals surface area contributed by atoms with E-state index in [0.29, 0.717) is 22.9 Å². The molecule has 1 aliphatic rings. The van der Waals surface area contributed by atoms with Crippen LogP contribution in [0, 0.1) is 0 Å². The van der Waals surface area contributed by atoms with E-state index in [1.54, 1.807) is 34.6 Å². The number of thioether (sulfide) groups is 1. The summed E-state index contributed by atoms with van der Waals surface area (Å²) in [6.07, 6.45) is 0.394. The van der Waals surface area contributed by atoms with Crippen molar-refractivity contribution in [2.75, 3.05) is 18.5 Å². The molecule has 2 amide bonds. The van der Waals surface area contributed by atoms with Gasteiger partial charge >= 0.3 is 11.8 Å². The molecule has 7 nitrogen and oxygen atoms in total. The van der Waals surface area contributed by atoms with Crippen LogP contribution in [0.25, 0.3) is 5.69 Å². The lowest BCUT2D eigenvalue weighted by atomic mass is 10.2. The number of benzene rings is 1. The Morgan fingerprint density at radius 2 is 2.16 bits per heavy atom. The summed E-state index contributed by atoms with van der Waals surface area (Å²) in [7, 11) is 0.